The second kappa shape index (κ2) is 12.5. The van der Waals surface area contributed by atoms with Crippen LogP contribution in [-0.4, -0.2) is 46.5 Å². The third kappa shape index (κ3) is 8.09. The van der Waals surface area contributed by atoms with E-state index in [9.17, 15) is 31.0 Å². The van der Waals surface area contributed by atoms with Gasteiger partial charge in [0.25, 0.3) is 10.1 Å². The van der Waals surface area contributed by atoms with Crippen molar-refractivity contribution in [2.24, 2.45) is 0 Å². The summed E-state index contributed by atoms with van der Waals surface area (Å²) >= 11 is 0. The molecule has 0 atom stereocenters. The Morgan fingerprint density at radius 1 is 0.939 bits per heavy atom. The zero-order valence-corrected chi connectivity index (χ0v) is 21.9. The number of carbonyl (C=O) groups excluding carboxylic acids is 2. The minimum Gasteiger partial charge on any atom is -0.462 e. The fourth-order valence-corrected chi connectivity index (χ4v) is 4.02. The Morgan fingerprint density at radius 2 is 1.45 bits per heavy atom. The summed E-state index contributed by atoms with van der Waals surface area (Å²) in [7, 11) is -9.61. The van der Waals surface area contributed by atoms with Crippen LogP contribution in [0.3, 0.4) is 0 Å². The van der Waals surface area contributed by atoms with E-state index in [0.29, 0.717) is 12.8 Å². The Balaban J connectivity index is 0.00000544. The number of esters is 2. The van der Waals surface area contributed by atoms with E-state index < -0.39 is 47.7 Å². The summed E-state index contributed by atoms with van der Waals surface area (Å²) in [5.74, 6) is -2.47. The number of rotatable bonds is 10. The van der Waals surface area contributed by atoms with Crippen molar-refractivity contribution in [3.8, 4) is 5.75 Å². The molecule has 0 heterocycles. The van der Waals surface area contributed by atoms with Crippen molar-refractivity contribution in [1.29, 1.82) is 0 Å². The van der Waals surface area contributed by atoms with Gasteiger partial charge in [0.05, 0.1) is 30.1 Å². The van der Waals surface area contributed by atoms with Crippen molar-refractivity contribution in [2.75, 3.05) is 13.2 Å². The molecule has 0 radical (unpaired) electrons. The quantitative estimate of drug-likeness (QED) is 0.148. The summed E-state index contributed by atoms with van der Waals surface area (Å²) in [4.78, 5) is 23.1. The van der Waals surface area contributed by atoms with Crippen LogP contribution in [0.5, 0.6) is 5.75 Å². The summed E-state index contributed by atoms with van der Waals surface area (Å²) in [5.41, 5.74) is -0.498. The van der Waals surface area contributed by atoms with Crippen LogP contribution in [0, 0.1) is 6.07 Å². The molecule has 13 heteroatoms. The molecule has 0 aliphatic carbocycles. The van der Waals surface area contributed by atoms with Crippen molar-refractivity contribution in [2.45, 2.75) is 36.5 Å². The van der Waals surface area contributed by atoms with Crippen LogP contribution in [0.4, 0.5) is 0 Å². The van der Waals surface area contributed by atoms with Gasteiger partial charge < -0.3 is 13.7 Å². The molecule has 33 heavy (non-hydrogen) atoms. The fraction of sp³-hybridized carbons (Fsp3) is 0.300. The predicted octanol–water partition coefficient (Wildman–Crippen LogP) is -0.361. The maximum absolute atomic E-state index is 12.8. The molecule has 0 aliphatic rings. The molecule has 0 unspecified atom stereocenters. The van der Waals surface area contributed by atoms with Gasteiger partial charge in [0.15, 0.2) is 0 Å². The number of hydrogen-bond donors (Lipinski definition) is 1. The van der Waals surface area contributed by atoms with Gasteiger partial charge in [-0.1, -0.05) is 13.8 Å². The summed E-state index contributed by atoms with van der Waals surface area (Å²) in [6.45, 7) is 3.66. The first-order valence-corrected chi connectivity index (χ1v) is 12.3. The first kappa shape index (κ1) is 29.1. The van der Waals surface area contributed by atoms with Crippen LogP contribution in [0.1, 0.15) is 47.4 Å². The minimum absolute atomic E-state index is 0. The van der Waals surface area contributed by atoms with Crippen molar-refractivity contribution >= 4 is 32.2 Å². The van der Waals surface area contributed by atoms with E-state index >= 15 is 0 Å². The molecule has 0 amide bonds. The number of ether oxygens (including phenoxy) is 2. The Bertz CT molecular complexity index is 1170. The van der Waals surface area contributed by atoms with E-state index in [4.69, 9.17) is 13.7 Å². The van der Waals surface area contributed by atoms with E-state index in [2.05, 4.69) is 6.07 Å². The summed E-state index contributed by atoms with van der Waals surface area (Å²) < 4.78 is 72.8. The molecule has 0 aromatic heterocycles. The van der Waals surface area contributed by atoms with Crippen molar-refractivity contribution < 1.29 is 74.2 Å². The summed E-state index contributed by atoms with van der Waals surface area (Å²) in [6, 6.07) is 8.51. The van der Waals surface area contributed by atoms with E-state index in [-0.39, 0.29) is 53.9 Å². The van der Waals surface area contributed by atoms with Crippen LogP contribution >= 0.6 is 0 Å². The minimum atomic E-state index is -4.85. The number of hydrogen-bond acceptors (Lipinski definition) is 9. The zero-order chi connectivity index (χ0) is 23.9. The fourth-order valence-electron chi connectivity index (χ4n) is 2.37. The first-order valence-electron chi connectivity index (χ1n) is 9.41. The van der Waals surface area contributed by atoms with Gasteiger partial charge in [0.1, 0.15) is 4.90 Å². The molecule has 0 saturated heterocycles. The molecule has 0 saturated carbocycles. The van der Waals surface area contributed by atoms with Gasteiger partial charge in [-0.25, -0.2) is 9.59 Å². The van der Waals surface area contributed by atoms with Gasteiger partial charge >= 0.3 is 51.6 Å². The van der Waals surface area contributed by atoms with Gasteiger partial charge in [0, 0.05) is 4.90 Å². The second-order valence-electron chi connectivity index (χ2n) is 6.39. The molecular formula is C20H21NaO10S2. The predicted molar refractivity (Wildman–Crippen MR) is 110 cm³/mol. The smallest absolute Gasteiger partial charge is 0.462 e. The molecule has 0 spiro atoms. The molecular weight excluding hydrogens is 487 g/mol. The summed E-state index contributed by atoms with van der Waals surface area (Å²) in [5, 5.41) is 0. The SMILES string of the molecule is CCCOC(=O)c1cc(C(=O)OCCC)cc(S(=O)(=O)Oc2ccc[c-]c2S(=O)(=O)O)c1.[Na+]. The van der Waals surface area contributed by atoms with Crippen LogP contribution in [0.15, 0.2) is 46.2 Å². The molecule has 1 N–H and O–H groups in total. The van der Waals surface area contributed by atoms with Gasteiger partial charge in [-0.3, -0.25) is 4.55 Å². The largest absolute Gasteiger partial charge is 1.00 e. The molecule has 0 bridgehead atoms. The molecule has 2 aromatic carbocycles. The average molecular weight is 509 g/mol. The monoisotopic (exact) mass is 508 g/mol. The Labute approximate surface area is 214 Å². The zero-order valence-electron chi connectivity index (χ0n) is 18.2. The topological polar surface area (TPSA) is 150 Å². The van der Waals surface area contributed by atoms with Crippen LogP contribution < -0.4 is 33.7 Å². The maximum Gasteiger partial charge on any atom is 1.00 e. The molecule has 2 rings (SSSR count). The Hall–Kier alpha value is -1.96. The third-order valence-corrected chi connectivity index (χ3v) is 5.83. The van der Waals surface area contributed by atoms with Crippen molar-refractivity contribution in [3.63, 3.8) is 0 Å². The molecule has 0 fully saturated rings. The maximum atomic E-state index is 12.8. The normalized spacial score (nSPS) is 11.2. The molecule has 174 valence electrons. The van der Waals surface area contributed by atoms with Gasteiger partial charge in [0.2, 0.25) is 0 Å². The van der Waals surface area contributed by atoms with Crippen molar-refractivity contribution in [3.05, 3.63) is 53.6 Å². The standard InChI is InChI=1S/C20H21O10S2.Na/c1-3-9-28-19(21)14-11-15(20(22)29-10-4-2)13-16(12-14)32(26,27)30-17-7-5-6-8-18(17)31(23,24)25;/h5-7,11-13H,3-4,9-10H2,1-2H3,(H,23,24,25);/q-1;+1. The van der Waals surface area contributed by atoms with E-state index in [1.54, 1.807) is 13.8 Å². The molecule has 2 aromatic rings. The number of carbonyl (C=O) groups is 2. The van der Waals surface area contributed by atoms with Crippen molar-refractivity contribution in [1.82, 2.24) is 0 Å². The third-order valence-electron chi connectivity index (χ3n) is 3.78. The van der Waals surface area contributed by atoms with Crippen LogP contribution in [0.25, 0.3) is 0 Å². The van der Waals surface area contributed by atoms with Gasteiger partial charge in [-0.15, -0.1) is 6.07 Å². The van der Waals surface area contributed by atoms with E-state index in [1.807, 2.05) is 0 Å². The van der Waals surface area contributed by atoms with Crippen LogP contribution in [0.2, 0.25) is 0 Å². The molecule has 0 aliphatic heterocycles. The Morgan fingerprint density at radius 3 is 1.91 bits per heavy atom. The average Bonchev–Trinajstić information content (AvgIpc) is 2.74. The summed E-state index contributed by atoms with van der Waals surface area (Å²) in [6.07, 6.45) is 1.03. The van der Waals surface area contributed by atoms with Gasteiger partial charge in [-0.2, -0.15) is 35.0 Å². The first-order chi connectivity index (χ1) is 15.0. The van der Waals surface area contributed by atoms with E-state index in [0.717, 1.165) is 30.3 Å². The number of benzene rings is 2. The Kier molecular flexibility index (Phi) is 11.0. The van der Waals surface area contributed by atoms with Gasteiger partial charge in [-0.05, 0) is 31.0 Å². The second-order valence-corrected chi connectivity index (χ2v) is 9.30. The van der Waals surface area contributed by atoms with Crippen LogP contribution in [-0.2, 0) is 29.7 Å². The van der Waals surface area contributed by atoms with E-state index in [1.165, 1.54) is 6.07 Å². The molecule has 10 nitrogen and oxygen atoms in total.